The minimum Gasteiger partial charge on any atom is -0.462 e. The van der Waals surface area contributed by atoms with E-state index in [1.807, 2.05) is 11.0 Å². The van der Waals surface area contributed by atoms with Crippen LogP contribution in [0.3, 0.4) is 0 Å². The molecule has 0 bridgehead atoms. The molecule has 45 heavy (non-hydrogen) atoms. The van der Waals surface area contributed by atoms with E-state index in [-0.39, 0.29) is 24.8 Å². The van der Waals surface area contributed by atoms with E-state index in [9.17, 15) is 18.8 Å². The lowest BCUT2D eigenvalue weighted by molar-refractivity contribution is -0.124. The Morgan fingerprint density at radius 3 is 2.24 bits per heavy atom. The Kier molecular flexibility index (Phi) is 10.9. The van der Waals surface area contributed by atoms with E-state index in [2.05, 4.69) is 39.4 Å². The second-order valence-corrected chi connectivity index (χ2v) is 11.5. The molecule has 5 rings (SSSR count). The molecule has 0 aromatic heterocycles. The molecule has 2 amide bonds. The Labute approximate surface area is 268 Å². The summed E-state index contributed by atoms with van der Waals surface area (Å²) in [6, 6.07) is 21.7. The molecule has 0 aliphatic carbocycles. The van der Waals surface area contributed by atoms with E-state index in [0.29, 0.717) is 28.6 Å². The molecule has 2 fully saturated rings. The van der Waals surface area contributed by atoms with Crippen LogP contribution in [0.15, 0.2) is 78.9 Å². The molecule has 11 heteroatoms. The fourth-order valence-corrected chi connectivity index (χ4v) is 6.10. The highest BCUT2D eigenvalue weighted by Gasteiger charge is 2.44. The average molecular weight is 632 g/mol. The summed E-state index contributed by atoms with van der Waals surface area (Å²) in [5, 5.41) is 3.12. The Bertz CT molecular complexity index is 1480. The Balaban J connectivity index is 1.20. The third-order valence-electron chi connectivity index (χ3n) is 8.05. The van der Waals surface area contributed by atoms with Gasteiger partial charge >= 0.3 is 5.97 Å². The molecule has 2 aliphatic rings. The number of amides is 2. The van der Waals surface area contributed by atoms with Gasteiger partial charge in [-0.15, -0.1) is 0 Å². The first-order chi connectivity index (χ1) is 21.8. The summed E-state index contributed by atoms with van der Waals surface area (Å²) < 4.78 is 18.7. The second-order valence-electron chi connectivity index (χ2n) is 11.1. The van der Waals surface area contributed by atoms with Gasteiger partial charge in [-0.05, 0) is 86.2 Å². The number of nitrogens with zero attached hydrogens (tertiary/aromatic N) is 4. The van der Waals surface area contributed by atoms with Crippen molar-refractivity contribution < 1.29 is 23.5 Å². The summed E-state index contributed by atoms with van der Waals surface area (Å²) in [6.45, 7) is 8.17. The number of hydrogen-bond acceptors (Lipinski definition) is 7. The van der Waals surface area contributed by atoms with Crippen LogP contribution in [0.2, 0.25) is 0 Å². The fraction of sp³-hybridized carbons (Fsp3) is 0.353. The van der Waals surface area contributed by atoms with Gasteiger partial charge in [0.05, 0.1) is 24.3 Å². The van der Waals surface area contributed by atoms with Crippen molar-refractivity contribution in [3.05, 3.63) is 95.8 Å². The molecule has 9 nitrogen and oxygen atoms in total. The maximum Gasteiger partial charge on any atom is 0.338 e. The predicted octanol–water partition coefficient (Wildman–Crippen LogP) is 4.54. The number of nitrogens with one attached hydrogen (secondary N) is 1. The van der Waals surface area contributed by atoms with Crippen LogP contribution in [0, 0.1) is 5.82 Å². The molecular weight excluding hydrogens is 593 g/mol. The summed E-state index contributed by atoms with van der Waals surface area (Å²) in [7, 11) is 0. The highest BCUT2D eigenvalue weighted by molar-refractivity contribution is 7.80. The van der Waals surface area contributed by atoms with Crippen molar-refractivity contribution in [2.75, 3.05) is 56.1 Å². The summed E-state index contributed by atoms with van der Waals surface area (Å²) in [4.78, 5) is 46.9. The van der Waals surface area contributed by atoms with Crippen LogP contribution in [-0.4, -0.2) is 89.5 Å². The topological polar surface area (TPSA) is 85.4 Å². The van der Waals surface area contributed by atoms with E-state index in [4.69, 9.17) is 17.0 Å². The monoisotopic (exact) mass is 631 g/mol. The lowest BCUT2D eigenvalue weighted by Crippen LogP contribution is -2.47. The van der Waals surface area contributed by atoms with Crippen LogP contribution in [0.1, 0.15) is 35.7 Å². The van der Waals surface area contributed by atoms with Gasteiger partial charge in [0.25, 0.3) is 5.91 Å². The van der Waals surface area contributed by atoms with Gasteiger partial charge in [-0.3, -0.25) is 19.4 Å². The number of anilines is 2. The molecule has 3 aromatic rings. The van der Waals surface area contributed by atoms with Crippen molar-refractivity contribution in [3.63, 3.8) is 0 Å². The van der Waals surface area contributed by atoms with Crippen LogP contribution in [0.25, 0.3) is 0 Å². The average Bonchev–Trinajstić information content (AvgIpc) is 3.27. The molecule has 2 heterocycles. The van der Waals surface area contributed by atoms with E-state index in [0.717, 1.165) is 45.7 Å². The lowest BCUT2D eigenvalue weighted by atomic mass is 10.1. The number of piperazine rings is 1. The highest BCUT2D eigenvalue weighted by Crippen LogP contribution is 2.28. The Morgan fingerprint density at radius 2 is 1.58 bits per heavy atom. The molecule has 236 valence electrons. The molecule has 2 saturated heterocycles. The molecule has 1 atom stereocenters. The van der Waals surface area contributed by atoms with Gasteiger partial charge in [0.2, 0.25) is 5.91 Å². The summed E-state index contributed by atoms with van der Waals surface area (Å²) >= 11 is 5.76. The second kappa shape index (κ2) is 15.2. The van der Waals surface area contributed by atoms with E-state index in [1.54, 1.807) is 31.2 Å². The van der Waals surface area contributed by atoms with Crippen LogP contribution in [0.5, 0.6) is 0 Å². The predicted molar refractivity (Wildman–Crippen MR) is 175 cm³/mol. The van der Waals surface area contributed by atoms with Gasteiger partial charge in [-0.2, -0.15) is 0 Å². The quantitative estimate of drug-likeness (QED) is 0.231. The molecule has 2 aliphatic heterocycles. The van der Waals surface area contributed by atoms with Crippen molar-refractivity contribution in [1.29, 1.82) is 0 Å². The van der Waals surface area contributed by atoms with Crippen LogP contribution in [0.4, 0.5) is 15.8 Å². The van der Waals surface area contributed by atoms with Crippen molar-refractivity contribution >= 4 is 46.5 Å². The number of ether oxygens (including phenoxy) is 1. The first-order valence-electron chi connectivity index (χ1n) is 15.3. The maximum atomic E-state index is 13.7. The largest absolute Gasteiger partial charge is 0.462 e. The highest BCUT2D eigenvalue weighted by atomic mass is 32.1. The summed E-state index contributed by atoms with van der Waals surface area (Å²) in [5.41, 5.74) is 2.65. The van der Waals surface area contributed by atoms with Gasteiger partial charge in [-0.1, -0.05) is 30.3 Å². The van der Waals surface area contributed by atoms with Crippen LogP contribution in [-0.2, 0) is 20.9 Å². The minimum atomic E-state index is -0.802. The minimum absolute atomic E-state index is 0.117. The van der Waals surface area contributed by atoms with Gasteiger partial charge < -0.3 is 19.9 Å². The van der Waals surface area contributed by atoms with Crippen molar-refractivity contribution in [2.45, 2.75) is 32.4 Å². The van der Waals surface area contributed by atoms with Gasteiger partial charge in [0, 0.05) is 45.0 Å². The number of hydrogen-bond donors (Lipinski definition) is 1. The standard InChI is InChI=1S/C34H38FN5O4S/c1-2-44-33(43)26-9-13-28(14-10-26)36-31(41)23-30-32(42)40(29-15-11-27(35)12-16-29)34(45)39(30)18-6-17-37-19-21-38(22-20-37)24-25-7-4-3-5-8-25/h3-5,7-16,30H,2,6,17-24H2,1H3,(H,36,41)/t30-/m1/s1. The van der Waals surface area contributed by atoms with Gasteiger partial charge in [-0.25, -0.2) is 9.18 Å². The Hall–Kier alpha value is -4.19. The summed E-state index contributed by atoms with van der Waals surface area (Å²) in [5.74, 6) is -1.54. The third kappa shape index (κ3) is 8.30. The van der Waals surface area contributed by atoms with Crippen molar-refractivity contribution in [3.8, 4) is 0 Å². The SMILES string of the molecule is CCOC(=O)c1ccc(NC(=O)C[C@@H]2C(=O)N(c3ccc(F)cc3)C(=S)N2CCCN2CCN(Cc3ccccc3)CC2)cc1. The number of carbonyl (C=O) groups excluding carboxylic acids is 3. The molecule has 1 N–H and O–H groups in total. The van der Waals surface area contributed by atoms with E-state index < -0.39 is 17.8 Å². The first kappa shape index (κ1) is 32.2. The van der Waals surface area contributed by atoms with Crippen molar-refractivity contribution in [1.82, 2.24) is 14.7 Å². The number of halogens is 1. The number of thiocarbonyl (C=S) groups is 1. The summed E-state index contributed by atoms with van der Waals surface area (Å²) in [6.07, 6.45) is 0.644. The smallest absolute Gasteiger partial charge is 0.338 e. The molecule has 0 radical (unpaired) electrons. The van der Waals surface area contributed by atoms with E-state index >= 15 is 0 Å². The number of esters is 1. The molecular formula is C34H38FN5O4S. The zero-order valence-corrected chi connectivity index (χ0v) is 26.2. The number of carbonyl (C=O) groups is 3. The maximum absolute atomic E-state index is 13.7. The fourth-order valence-electron chi connectivity index (χ4n) is 5.68. The van der Waals surface area contributed by atoms with Crippen LogP contribution < -0.4 is 10.2 Å². The van der Waals surface area contributed by atoms with Crippen LogP contribution >= 0.6 is 12.2 Å². The zero-order valence-electron chi connectivity index (χ0n) is 25.4. The molecule has 0 unspecified atom stereocenters. The van der Waals surface area contributed by atoms with Gasteiger partial charge in [0.1, 0.15) is 11.9 Å². The molecule has 3 aromatic carbocycles. The first-order valence-corrected chi connectivity index (χ1v) is 15.7. The normalized spacial score (nSPS) is 17.5. The molecule has 0 saturated carbocycles. The van der Waals surface area contributed by atoms with Gasteiger partial charge in [0.15, 0.2) is 5.11 Å². The molecule has 0 spiro atoms. The number of benzene rings is 3. The third-order valence-corrected chi connectivity index (χ3v) is 8.47. The number of rotatable bonds is 12. The van der Waals surface area contributed by atoms with E-state index in [1.165, 1.54) is 34.7 Å². The zero-order chi connectivity index (χ0) is 31.8. The Morgan fingerprint density at radius 1 is 0.911 bits per heavy atom. The van der Waals surface area contributed by atoms with Crippen molar-refractivity contribution in [2.24, 2.45) is 0 Å². The lowest BCUT2D eigenvalue weighted by Gasteiger charge is -2.35.